The molecule has 2 aliphatic rings. The first-order chi connectivity index (χ1) is 17.7. The number of aryl methyl sites for hydroxylation is 1. The van der Waals surface area contributed by atoms with Crippen LogP contribution in [0.5, 0.6) is 0 Å². The van der Waals surface area contributed by atoms with Crippen LogP contribution >= 0.6 is 23.1 Å². The Balaban J connectivity index is 1.38. The average molecular weight is 514 g/mol. The van der Waals surface area contributed by atoms with E-state index >= 15 is 0 Å². The molecular formula is C30H31N3OS2. The Labute approximate surface area is 221 Å². The SMILES string of the molecule is CSc1ccc([C@@H]2c3cccn3-c3sc4c(c3CN2C(=O)NCCc2ccccc2)CCCC4)cc1. The van der Waals surface area contributed by atoms with Gasteiger partial charge in [0.25, 0.3) is 0 Å². The van der Waals surface area contributed by atoms with Crippen molar-refractivity contribution in [3.05, 3.63) is 106 Å². The minimum absolute atomic E-state index is 0.00114. The summed E-state index contributed by atoms with van der Waals surface area (Å²) in [6.45, 7) is 1.25. The first-order valence-corrected chi connectivity index (χ1v) is 14.8. The second-order valence-electron chi connectivity index (χ2n) is 9.57. The lowest BCUT2D eigenvalue weighted by atomic mass is 9.95. The van der Waals surface area contributed by atoms with Gasteiger partial charge in [-0.05, 0) is 79.3 Å². The highest BCUT2D eigenvalue weighted by Gasteiger charge is 2.35. The summed E-state index contributed by atoms with van der Waals surface area (Å²) in [6.07, 6.45) is 9.87. The number of fused-ring (bicyclic) bond motifs is 5. The Kier molecular flexibility index (Phi) is 6.63. The van der Waals surface area contributed by atoms with E-state index in [1.807, 2.05) is 17.4 Å². The summed E-state index contributed by atoms with van der Waals surface area (Å²) >= 11 is 3.67. The van der Waals surface area contributed by atoms with E-state index in [0.717, 1.165) is 30.5 Å². The number of urea groups is 1. The smallest absolute Gasteiger partial charge is 0.318 e. The van der Waals surface area contributed by atoms with Gasteiger partial charge in [-0.25, -0.2) is 4.79 Å². The summed E-state index contributed by atoms with van der Waals surface area (Å²) < 4.78 is 2.35. The molecule has 2 amide bonds. The van der Waals surface area contributed by atoms with Gasteiger partial charge in [-0.3, -0.25) is 0 Å². The lowest BCUT2D eigenvalue weighted by molar-refractivity contribution is 0.180. The van der Waals surface area contributed by atoms with Crippen LogP contribution in [0.25, 0.3) is 5.00 Å². The Bertz CT molecular complexity index is 1360. The summed E-state index contributed by atoms with van der Waals surface area (Å²) in [7, 11) is 0. The maximum atomic E-state index is 13.9. The number of nitrogens with one attached hydrogen (secondary N) is 1. The minimum atomic E-state index is -0.147. The van der Waals surface area contributed by atoms with Gasteiger partial charge in [0.1, 0.15) is 5.00 Å². The summed E-state index contributed by atoms with van der Waals surface area (Å²) in [5.41, 5.74) is 6.37. The molecule has 1 aliphatic carbocycles. The third kappa shape index (κ3) is 4.37. The molecule has 3 heterocycles. The van der Waals surface area contributed by atoms with E-state index in [1.54, 1.807) is 11.8 Å². The molecule has 0 radical (unpaired) electrons. The number of aromatic nitrogens is 1. The molecule has 0 saturated heterocycles. The van der Waals surface area contributed by atoms with Crippen LogP contribution < -0.4 is 5.32 Å². The maximum Gasteiger partial charge on any atom is 0.318 e. The van der Waals surface area contributed by atoms with Gasteiger partial charge in [-0.2, -0.15) is 0 Å². The third-order valence-electron chi connectivity index (χ3n) is 7.40. The number of hydrogen-bond donors (Lipinski definition) is 1. The van der Waals surface area contributed by atoms with E-state index in [0.29, 0.717) is 13.1 Å². The number of thiophene rings is 1. The van der Waals surface area contributed by atoms with Crippen LogP contribution in [0.4, 0.5) is 4.79 Å². The molecule has 0 spiro atoms. The molecular weight excluding hydrogens is 482 g/mol. The molecule has 4 aromatic rings. The molecule has 4 nitrogen and oxygen atoms in total. The van der Waals surface area contributed by atoms with Crippen LogP contribution in [0.15, 0.2) is 77.8 Å². The molecule has 1 N–H and O–H groups in total. The van der Waals surface area contributed by atoms with E-state index in [4.69, 9.17) is 0 Å². The number of nitrogens with zero attached hydrogens (tertiary/aromatic N) is 2. The van der Waals surface area contributed by atoms with Crippen LogP contribution in [-0.2, 0) is 25.8 Å². The molecule has 6 rings (SSSR count). The summed E-state index contributed by atoms with van der Waals surface area (Å²) in [5.74, 6) is 0. The van der Waals surface area contributed by atoms with E-state index in [1.165, 1.54) is 44.3 Å². The van der Waals surface area contributed by atoms with E-state index in [9.17, 15) is 4.79 Å². The van der Waals surface area contributed by atoms with Gasteiger partial charge >= 0.3 is 6.03 Å². The zero-order valence-corrected chi connectivity index (χ0v) is 22.2. The number of carbonyl (C=O) groups is 1. The van der Waals surface area contributed by atoms with Crippen molar-refractivity contribution in [1.29, 1.82) is 0 Å². The molecule has 1 atom stereocenters. The van der Waals surface area contributed by atoms with Crippen LogP contribution in [-0.4, -0.2) is 28.3 Å². The molecule has 0 unspecified atom stereocenters. The fourth-order valence-electron chi connectivity index (χ4n) is 5.58. The highest BCUT2D eigenvalue weighted by Crippen LogP contribution is 2.44. The number of rotatable bonds is 5. The van der Waals surface area contributed by atoms with E-state index in [2.05, 4.69) is 87.9 Å². The monoisotopic (exact) mass is 513 g/mol. The van der Waals surface area contributed by atoms with Crippen molar-refractivity contribution in [2.75, 3.05) is 12.8 Å². The number of hydrogen-bond acceptors (Lipinski definition) is 3. The van der Waals surface area contributed by atoms with Crippen LogP contribution in [0.2, 0.25) is 0 Å². The average Bonchev–Trinajstić information content (AvgIpc) is 3.51. The van der Waals surface area contributed by atoms with Gasteiger partial charge in [0, 0.05) is 28.1 Å². The zero-order valence-electron chi connectivity index (χ0n) is 20.6. The zero-order chi connectivity index (χ0) is 24.5. The first-order valence-electron chi connectivity index (χ1n) is 12.8. The second kappa shape index (κ2) is 10.2. The van der Waals surface area contributed by atoms with Crippen LogP contribution in [0, 0.1) is 0 Å². The molecule has 2 aromatic heterocycles. The highest BCUT2D eigenvalue weighted by atomic mass is 32.2. The highest BCUT2D eigenvalue weighted by molar-refractivity contribution is 7.98. The Hall–Kier alpha value is -2.96. The summed E-state index contributed by atoms with van der Waals surface area (Å²) in [4.78, 5) is 18.7. The van der Waals surface area contributed by atoms with E-state index in [-0.39, 0.29) is 12.1 Å². The van der Waals surface area contributed by atoms with Crippen molar-refractivity contribution in [3.63, 3.8) is 0 Å². The van der Waals surface area contributed by atoms with Crippen molar-refractivity contribution in [2.24, 2.45) is 0 Å². The predicted octanol–water partition coefficient (Wildman–Crippen LogP) is 7.00. The van der Waals surface area contributed by atoms with E-state index < -0.39 is 0 Å². The predicted molar refractivity (Wildman–Crippen MR) is 149 cm³/mol. The second-order valence-corrected chi connectivity index (χ2v) is 11.5. The molecule has 0 fully saturated rings. The van der Waals surface area contributed by atoms with Gasteiger partial charge < -0.3 is 14.8 Å². The normalized spacial score (nSPS) is 16.6. The Morgan fingerprint density at radius 3 is 2.61 bits per heavy atom. The fourth-order valence-corrected chi connectivity index (χ4v) is 7.40. The van der Waals surface area contributed by atoms with Gasteiger partial charge in [0.05, 0.1) is 18.3 Å². The van der Waals surface area contributed by atoms with Gasteiger partial charge in [0.15, 0.2) is 0 Å². The third-order valence-corrected chi connectivity index (χ3v) is 9.48. The molecule has 184 valence electrons. The Morgan fingerprint density at radius 2 is 1.81 bits per heavy atom. The van der Waals surface area contributed by atoms with Crippen LogP contribution in [0.3, 0.4) is 0 Å². The number of carbonyl (C=O) groups excluding carboxylic acids is 1. The molecule has 0 saturated carbocycles. The standard InChI is InChI=1S/C30H31N3OS2/c1-35-23-15-13-22(14-16-23)28-26-11-7-19-32(26)29-25(24-10-5-6-12-27(24)36-29)20-33(28)30(34)31-18-17-21-8-3-2-4-9-21/h2-4,7-9,11,13-16,19,28H,5-6,10,12,17-18,20H2,1H3,(H,31,34)/t28-/m1/s1. The lowest BCUT2D eigenvalue weighted by Gasteiger charge is -2.31. The fraction of sp³-hybridized carbons (Fsp3) is 0.300. The van der Waals surface area contributed by atoms with Crippen molar-refractivity contribution >= 4 is 29.1 Å². The van der Waals surface area contributed by atoms with Crippen LogP contribution in [0.1, 0.15) is 51.7 Å². The number of benzene rings is 2. The van der Waals surface area contributed by atoms with Crippen molar-refractivity contribution in [2.45, 2.75) is 49.6 Å². The molecule has 6 heteroatoms. The molecule has 1 aliphatic heterocycles. The Morgan fingerprint density at radius 1 is 1.00 bits per heavy atom. The number of amides is 2. The molecule has 0 bridgehead atoms. The van der Waals surface area contributed by atoms with Crippen molar-refractivity contribution < 1.29 is 4.79 Å². The summed E-state index contributed by atoms with van der Waals surface area (Å²) in [6, 6.07) is 23.2. The molecule has 36 heavy (non-hydrogen) atoms. The maximum absolute atomic E-state index is 13.9. The lowest BCUT2D eigenvalue weighted by Crippen LogP contribution is -2.42. The quantitative estimate of drug-likeness (QED) is 0.292. The number of thioether (sulfide) groups is 1. The topological polar surface area (TPSA) is 37.3 Å². The minimum Gasteiger partial charge on any atom is -0.338 e. The first kappa shape index (κ1) is 23.4. The largest absolute Gasteiger partial charge is 0.338 e. The van der Waals surface area contributed by atoms with Gasteiger partial charge in [-0.15, -0.1) is 23.1 Å². The summed E-state index contributed by atoms with van der Waals surface area (Å²) in [5, 5.41) is 4.55. The van der Waals surface area contributed by atoms with Crippen molar-refractivity contribution in [1.82, 2.24) is 14.8 Å². The van der Waals surface area contributed by atoms with Gasteiger partial charge in [-0.1, -0.05) is 42.5 Å². The molecule has 2 aromatic carbocycles. The van der Waals surface area contributed by atoms with Crippen molar-refractivity contribution in [3.8, 4) is 5.00 Å². The van der Waals surface area contributed by atoms with Gasteiger partial charge in [0.2, 0.25) is 0 Å².